The monoisotopic (exact) mass is 510 g/mol. The third kappa shape index (κ3) is 4.36. The molecular formula is C24H20ClFN6O4. The fraction of sp³-hybridized carbons (Fsp3) is 0.167. The molecule has 2 aliphatic heterocycles. The number of fused-ring (bicyclic) bond motifs is 1. The molecule has 1 atom stereocenters. The quantitative estimate of drug-likeness (QED) is 0.555. The van der Waals surface area contributed by atoms with Crippen LogP contribution in [0.5, 0.6) is 0 Å². The molecule has 2 aliphatic rings. The van der Waals surface area contributed by atoms with Crippen molar-refractivity contribution < 1.29 is 23.5 Å². The Labute approximate surface area is 209 Å². The minimum Gasteiger partial charge on any atom is -0.490 e. The van der Waals surface area contributed by atoms with E-state index in [0.29, 0.717) is 22.0 Å². The number of anilines is 3. The first-order valence-corrected chi connectivity index (χ1v) is 11.2. The minimum absolute atomic E-state index is 0.0937. The van der Waals surface area contributed by atoms with Gasteiger partial charge in [0.1, 0.15) is 18.1 Å². The second-order valence-corrected chi connectivity index (χ2v) is 8.59. The summed E-state index contributed by atoms with van der Waals surface area (Å²) in [4.78, 5) is 41.1. The molecule has 0 fully saturated rings. The Kier molecular flexibility index (Phi) is 6.06. The maximum absolute atomic E-state index is 14.9. The number of rotatable bonds is 4. The van der Waals surface area contributed by atoms with Gasteiger partial charge in [0.15, 0.2) is 6.61 Å². The predicted octanol–water partition coefficient (Wildman–Crippen LogP) is 3.77. The fourth-order valence-electron chi connectivity index (χ4n) is 4.09. The number of ether oxygens (including phenoxy) is 1. The lowest BCUT2D eigenvalue weighted by Crippen LogP contribution is -2.39. The van der Waals surface area contributed by atoms with Crippen LogP contribution in [0.1, 0.15) is 17.3 Å². The summed E-state index contributed by atoms with van der Waals surface area (Å²) in [6.45, 7) is -0.0180. The van der Waals surface area contributed by atoms with Gasteiger partial charge in [0.25, 0.3) is 11.8 Å². The summed E-state index contributed by atoms with van der Waals surface area (Å²) < 4.78 is 21.4. The lowest BCUT2D eigenvalue weighted by molar-refractivity contribution is -0.122. The number of amides is 4. The molecule has 2 N–H and O–H groups in total. The number of halogens is 2. The Morgan fingerprint density at radius 1 is 1.17 bits per heavy atom. The Bertz CT molecular complexity index is 1390. The Morgan fingerprint density at radius 3 is 2.67 bits per heavy atom. The van der Waals surface area contributed by atoms with Crippen molar-refractivity contribution in [3.8, 4) is 0 Å². The van der Waals surface area contributed by atoms with Crippen LogP contribution in [0.2, 0.25) is 5.02 Å². The first kappa shape index (κ1) is 23.4. The van der Waals surface area contributed by atoms with Gasteiger partial charge in [0.05, 0.1) is 29.8 Å². The molecule has 0 aliphatic carbocycles. The van der Waals surface area contributed by atoms with E-state index in [1.54, 1.807) is 36.0 Å². The summed E-state index contributed by atoms with van der Waals surface area (Å²) in [5.74, 6) is -1.71. The van der Waals surface area contributed by atoms with Crippen LogP contribution < -0.4 is 15.5 Å². The molecule has 0 saturated heterocycles. The van der Waals surface area contributed by atoms with Gasteiger partial charge in [-0.15, -0.1) is 0 Å². The topological polar surface area (TPSA) is 109 Å². The number of aromatic nitrogens is 2. The molecule has 0 bridgehead atoms. The third-order valence-corrected chi connectivity index (χ3v) is 6.15. The SMILES string of the molecule is Cn1ncc2c1CN(C(=O)Nc1ccc(Cl)cc1)[C@H]2C(=O)Nc1ccc(N2C=COCC2=O)cc1F. The number of aryl methyl sites for hydroxylation is 1. The average Bonchev–Trinajstić information content (AvgIpc) is 3.42. The molecule has 5 rings (SSSR count). The lowest BCUT2D eigenvalue weighted by Gasteiger charge is -2.25. The highest BCUT2D eigenvalue weighted by Gasteiger charge is 2.41. The molecular weight excluding hydrogens is 491 g/mol. The van der Waals surface area contributed by atoms with Gasteiger partial charge in [-0.05, 0) is 36.4 Å². The molecule has 0 unspecified atom stereocenters. The van der Waals surface area contributed by atoms with E-state index >= 15 is 0 Å². The number of carbonyl (C=O) groups is 3. The van der Waals surface area contributed by atoms with Crippen molar-refractivity contribution in [3.05, 3.63) is 83.2 Å². The molecule has 184 valence electrons. The van der Waals surface area contributed by atoms with Gasteiger partial charge in [0, 0.05) is 35.6 Å². The van der Waals surface area contributed by atoms with E-state index in [4.69, 9.17) is 16.3 Å². The molecule has 12 heteroatoms. The zero-order valence-electron chi connectivity index (χ0n) is 18.9. The van der Waals surface area contributed by atoms with Gasteiger partial charge in [0.2, 0.25) is 0 Å². The van der Waals surface area contributed by atoms with Crippen molar-refractivity contribution in [2.24, 2.45) is 7.05 Å². The summed E-state index contributed by atoms with van der Waals surface area (Å²) >= 11 is 5.91. The molecule has 0 saturated carbocycles. The first-order valence-electron chi connectivity index (χ1n) is 10.9. The normalized spacial score (nSPS) is 16.5. The van der Waals surface area contributed by atoms with Gasteiger partial charge in [-0.25, -0.2) is 9.18 Å². The van der Waals surface area contributed by atoms with E-state index in [-0.39, 0.29) is 30.4 Å². The molecule has 0 radical (unpaired) electrons. The Balaban J connectivity index is 1.37. The molecule has 3 aromatic rings. The fourth-order valence-corrected chi connectivity index (χ4v) is 4.21. The highest BCUT2D eigenvalue weighted by atomic mass is 35.5. The van der Waals surface area contributed by atoms with E-state index in [2.05, 4.69) is 15.7 Å². The van der Waals surface area contributed by atoms with Crippen LogP contribution in [-0.4, -0.2) is 39.1 Å². The molecule has 3 heterocycles. The number of hydrogen-bond donors (Lipinski definition) is 2. The number of hydrogen-bond acceptors (Lipinski definition) is 5. The molecule has 36 heavy (non-hydrogen) atoms. The molecule has 1 aromatic heterocycles. The van der Waals surface area contributed by atoms with Crippen molar-refractivity contribution in [2.45, 2.75) is 12.6 Å². The molecule has 0 spiro atoms. The van der Waals surface area contributed by atoms with Gasteiger partial charge in [-0.3, -0.25) is 19.2 Å². The third-order valence-electron chi connectivity index (χ3n) is 5.90. The van der Waals surface area contributed by atoms with Crippen LogP contribution in [0.3, 0.4) is 0 Å². The van der Waals surface area contributed by atoms with Gasteiger partial charge >= 0.3 is 6.03 Å². The number of benzene rings is 2. The average molecular weight is 511 g/mol. The van der Waals surface area contributed by atoms with Gasteiger partial charge < -0.3 is 20.3 Å². The summed E-state index contributed by atoms with van der Waals surface area (Å²) in [5, 5.41) is 10.0. The van der Waals surface area contributed by atoms with Crippen LogP contribution in [0.4, 0.5) is 26.2 Å². The van der Waals surface area contributed by atoms with Crippen molar-refractivity contribution in [1.29, 1.82) is 0 Å². The maximum atomic E-state index is 14.9. The molecule has 10 nitrogen and oxygen atoms in total. The van der Waals surface area contributed by atoms with Crippen LogP contribution in [0.15, 0.2) is 61.1 Å². The second kappa shape index (κ2) is 9.34. The van der Waals surface area contributed by atoms with Crippen LogP contribution >= 0.6 is 11.6 Å². The summed E-state index contributed by atoms with van der Waals surface area (Å²) in [6, 6.07) is 9.01. The Morgan fingerprint density at radius 2 is 1.94 bits per heavy atom. The standard InChI is InChI=1S/C24H20ClFN6O4/c1-30-20-12-32(24(35)28-15-4-2-14(25)3-5-15)22(17(20)11-27-30)23(34)29-19-7-6-16(10-18(19)26)31-8-9-36-13-21(31)33/h2-11,22H,12-13H2,1H3,(H,28,35)(H,29,34)/t22-/m1/s1. The molecule has 4 amide bonds. The summed E-state index contributed by atoms with van der Waals surface area (Å²) in [7, 11) is 1.72. The van der Waals surface area contributed by atoms with Crippen molar-refractivity contribution >= 4 is 46.5 Å². The predicted molar refractivity (Wildman–Crippen MR) is 130 cm³/mol. The number of carbonyl (C=O) groups excluding carboxylic acids is 3. The first-order chi connectivity index (χ1) is 17.3. The zero-order chi connectivity index (χ0) is 25.4. The highest BCUT2D eigenvalue weighted by molar-refractivity contribution is 6.30. The number of urea groups is 1. The summed E-state index contributed by atoms with van der Waals surface area (Å²) in [5.41, 5.74) is 1.93. The van der Waals surface area contributed by atoms with E-state index in [1.807, 2.05) is 0 Å². The number of nitrogens with zero attached hydrogens (tertiary/aromatic N) is 4. The largest absolute Gasteiger partial charge is 0.490 e. The van der Waals surface area contributed by atoms with E-state index in [0.717, 1.165) is 6.07 Å². The smallest absolute Gasteiger partial charge is 0.323 e. The maximum Gasteiger partial charge on any atom is 0.323 e. The lowest BCUT2D eigenvalue weighted by atomic mass is 10.1. The van der Waals surface area contributed by atoms with Crippen LogP contribution in [-0.2, 0) is 27.9 Å². The highest BCUT2D eigenvalue weighted by Crippen LogP contribution is 2.35. The minimum atomic E-state index is -1.04. The van der Waals surface area contributed by atoms with Crippen LogP contribution in [0, 0.1) is 5.82 Å². The van der Waals surface area contributed by atoms with Crippen LogP contribution in [0.25, 0.3) is 0 Å². The van der Waals surface area contributed by atoms with Gasteiger partial charge in [-0.1, -0.05) is 11.6 Å². The second-order valence-electron chi connectivity index (χ2n) is 8.15. The zero-order valence-corrected chi connectivity index (χ0v) is 19.7. The summed E-state index contributed by atoms with van der Waals surface area (Å²) in [6.07, 6.45) is 4.24. The van der Waals surface area contributed by atoms with E-state index < -0.39 is 23.8 Å². The van der Waals surface area contributed by atoms with E-state index in [1.165, 1.54) is 40.6 Å². The molecule has 2 aromatic carbocycles. The van der Waals surface area contributed by atoms with Crippen molar-refractivity contribution in [2.75, 3.05) is 22.1 Å². The van der Waals surface area contributed by atoms with Crippen molar-refractivity contribution in [3.63, 3.8) is 0 Å². The Hall–Kier alpha value is -4.38. The van der Waals surface area contributed by atoms with E-state index in [9.17, 15) is 18.8 Å². The van der Waals surface area contributed by atoms with Gasteiger partial charge in [-0.2, -0.15) is 5.10 Å². The number of nitrogens with one attached hydrogen (secondary N) is 2. The van der Waals surface area contributed by atoms with Crippen molar-refractivity contribution in [1.82, 2.24) is 14.7 Å².